The normalized spacial score (nSPS) is 12.9. The summed E-state index contributed by atoms with van der Waals surface area (Å²) in [5.74, 6) is -0.431. The molecule has 0 aromatic carbocycles. The van der Waals surface area contributed by atoms with Crippen LogP contribution < -0.4 is 16.4 Å². The van der Waals surface area contributed by atoms with Gasteiger partial charge < -0.3 is 16.4 Å². The van der Waals surface area contributed by atoms with Crippen molar-refractivity contribution in [1.82, 2.24) is 15.1 Å². The summed E-state index contributed by atoms with van der Waals surface area (Å²) in [6, 6.07) is -0.616. The SMILES string of the molecule is CNC(=O)Cn1cc(NC(=O)[C@@H](N)C(C)(C)C)cn1. The summed E-state index contributed by atoms with van der Waals surface area (Å²) in [4.78, 5) is 23.1. The van der Waals surface area contributed by atoms with Gasteiger partial charge in [-0.2, -0.15) is 5.10 Å². The van der Waals surface area contributed by atoms with E-state index in [1.54, 1.807) is 13.2 Å². The predicted molar refractivity (Wildman–Crippen MR) is 72.4 cm³/mol. The molecule has 4 N–H and O–H groups in total. The van der Waals surface area contributed by atoms with Crippen molar-refractivity contribution in [3.63, 3.8) is 0 Å². The molecule has 0 fully saturated rings. The number of likely N-dealkylation sites (N-methyl/N-ethyl adjacent to an activating group) is 1. The highest BCUT2D eigenvalue weighted by molar-refractivity contribution is 5.95. The second-order valence-corrected chi connectivity index (χ2v) is 5.43. The molecule has 1 aromatic heterocycles. The average molecular weight is 267 g/mol. The molecular weight excluding hydrogens is 246 g/mol. The van der Waals surface area contributed by atoms with Gasteiger partial charge in [-0.3, -0.25) is 14.3 Å². The lowest BCUT2D eigenvalue weighted by atomic mass is 9.87. The highest BCUT2D eigenvalue weighted by Crippen LogP contribution is 2.18. The zero-order valence-corrected chi connectivity index (χ0v) is 11.7. The first kappa shape index (κ1) is 15.2. The number of aromatic nitrogens is 2. The lowest BCUT2D eigenvalue weighted by Crippen LogP contribution is -2.45. The molecule has 0 aliphatic heterocycles. The number of rotatable bonds is 4. The van der Waals surface area contributed by atoms with E-state index >= 15 is 0 Å². The highest BCUT2D eigenvalue weighted by atomic mass is 16.2. The first-order valence-electron chi connectivity index (χ1n) is 6.03. The van der Waals surface area contributed by atoms with Crippen LogP contribution in [0.4, 0.5) is 5.69 Å². The number of carbonyl (C=O) groups excluding carboxylic acids is 2. The number of hydrogen-bond acceptors (Lipinski definition) is 4. The van der Waals surface area contributed by atoms with Crippen LogP contribution in [0.1, 0.15) is 20.8 Å². The largest absolute Gasteiger partial charge is 0.358 e. The van der Waals surface area contributed by atoms with Crippen molar-refractivity contribution in [3.8, 4) is 0 Å². The quantitative estimate of drug-likeness (QED) is 0.711. The van der Waals surface area contributed by atoms with Gasteiger partial charge in [-0.15, -0.1) is 0 Å². The third kappa shape index (κ3) is 4.36. The van der Waals surface area contributed by atoms with E-state index in [1.165, 1.54) is 10.9 Å². The Morgan fingerprint density at radius 3 is 2.63 bits per heavy atom. The summed E-state index contributed by atoms with van der Waals surface area (Å²) in [5, 5.41) is 9.15. The van der Waals surface area contributed by atoms with E-state index in [1.807, 2.05) is 20.8 Å². The lowest BCUT2D eigenvalue weighted by Gasteiger charge is -2.25. The van der Waals surface area contributed by atoms with Crippen LogP contribution in [-0.4, -0.2) is 34.7 Å². The Morgan fingerprint density at radius 2 is 2.11 bits per heavy atom. The number of nitrogens with one attached hydrogen (secondary N) is 2. The number of anilines is 1. The van der Waals surface area contributed by atoms with Crippen molar-refractivity contribution in [2.75, 3.05) is 12.4 Å². The van der Waals surface area contributed by atoms with E-state index in [-0.39, 0.29) is 23.8 Å². The topological polar surface area (TPSA) is 102 Å². The molecule has 0 unspecified atom stereocenters. The van der Waals surface area contributed by atoms with Gasteiger partial charge in [-0.05, 0) is 5.41 Å². The van der Waals surface area contributed by atoms with E-state index in [4.69, 9.17) is 5.73 Å². The molecule has 106 valence electrons. The Kier molecular flexibility index (Phi) is 4.66. The van der Waals surface area contributed by atoms with Gasteiger partial charge in [-0.1, -0.05) is 20.8 Å². The van der Waals surface area contributed by atoms with Gasteiger partial charge in [0.25, 0.3) is 0 Å². The van der Waals surface area contributed by atoms with Gasteiger partial charge >= 0.3 is 0 Å². The molecule has 19 heavy (non-hydrogen) atoms. The number of amides is 2. The molecule has 7 nitrogen and oxygen atoms in total. The van der Waals surface area contributed by atoms with Crippen LogP contribution in [-0.2, 0) is 16.1 Å². The molecule has 0 spiro atoms. The van der Waals surface area contributed by atoms with Gasteiger partial charge in [0.2, 0.25) is 11.8 Å². The summed E-state index contributed by atoms with van der Waals surface area (Å²) in [6.45, 7) is 5.79. The molecule has 0 radical (unpaired) electrons. The van der Waals surface area contributed by atoms with Crippen molar-refractivity contribution >= 4 is 17.5 Å². The van der Waals surface area contributed by atoms with Crippen LogP contribution in [0.25, 0.3) is 0 Å². The van der Waals surface area contributed by atoms with Crippen LogP contribution in [0.5, 0.6) is 0 Å². The monoisotopic (exact) mass is 267 g/mol. The molecule has 0 aliphatic rings. The molecule has 7 heteroatoms. The third-order valence-electron chi connectivity index (χ3n) is 2.70. The average Bonchev–Trinajstić information content (AvgIpc) is 2.73. The maximum atomic E-state index is 11.9. The maximum Gasteiger partial charge on any atom is 0.241 e. The fourth-order valence-electron chi connectivity index (χ4n) is 1.35. The molecule has 1 heterocycles. The minimum Gasteiger partial charge on any atom is -0.358 e. The smallest absolute Gasteiger partial charge is 0.241 e. The molecule has 1 rings (SSSR count). The van der Waals surface area contributed by atoms with Gasteiger partial charge in [0.15, 0.2) is 0 Å². The number of nitrogens with two attached hydrogens (primary N) is 1. The first-order chi connectivity index (χ1) is 8.74. The van der Waals surface area contributed by atoms with E-state index in [0.29, 0.717) is 5.69 Å². The van der Waals surface area contributed by atoms with Gasteiger partial charge in [0, 0.05) is 13.2 Å². The van der Waals surface area contributed by atoms with Crippen molar-refractivity contribution in [2.45, 2.75) is 33.4 Å². The van der Waals surface area contributed by atoms with E-state index in [0.717, 1.165) is 0 Å². The Balaban J connectivity index is 2.64. The van der Waals surface area contributed by atoms with E-state index < -0.39 is 6.04 Å². The number of carbonyl (C=O) groups is 2. The van der Waals surface area contributed by atoms with E-state index in [2.05, 4.69) is 15.7 Å². The second kappa shape index (κ2) is 5.83. The fourth-order valence-corrected chi connectivity index (χ4v) is 1.35. The Hall–Kier alpha value is -1.89. The van der Waals surface area contributed by atoms with Crippen LogP contribution >= 0.6 is 0 Å². The molecule has 0 aliphatic carbocycles. The van der Waals surface area contributed by atoms with Crippen LogP contribution in [0.15, 0.2) is 12.4 Å². The summed E-state index contributed by atoms with van der Waals surface area (Å²) in [5.41, 5.74) is 6.05. The Morgan fingerprint density at radius 1 is 1.47 bits per heavy atom. The van der Waals surface area contributed by atoms with Crippen molar-refractivity contribution < 1.29 is 9.59 Å². The summed E-state index contributed by atoms with van der Waals surface area (Å²) >= 11 is 0. The van der Waals surface area contributed by atoms with Crippen molar-refractivity contribution in [2.24, 2.45) is 11.1 Å². The molecule has 0 saturated carbocycles. The third-order valence-corrected chi connectivity index (χ3v) is 2.70. The van der Waals surface area contributed by atoms with Crippen molar-refractivity contribution in [3.05, 3.63) is 12.4 Å². The van der Waals surface area contributed by atoms with E-state index in [9.17, 15) is 9.59 Å². The maximum absolute atomic E-state index is 11.9. The molecule has 1 atom stereocenters. The Bertz CT molecular complexity index is 461. The molecule has 1 aromatic rings. The lowest BCUT2D eigenvalue weighted by molar-refractivity contribution is -0.121. The zero-order valence-electron chi connectivity index (χ0n) is 11.7. The molecule has 0 saturated heterocycles. The summed E-state index contributed by atoms with van der Waals surface area (Å²) in [7, 11) is 1.55. The van der Waals surface area contributed by atoms with Crippen LogP contribution in [0.2, 0.25) is 0 Å². The van der Waals surface area contributed by atoms with Gasteiger partial charge in [0.1, 0.15) is 6.54 Å². The minimum absolute atomic E-state index is 0.109. The summed E-state index contributed by atoms with van der Waals surface area (Å²) < 4.78 is 1.44. The predicted octanol–water partition coefficient (Wildman–Crippen LogP) is -0.0590. The van der Waals surface area contributed by atoms with Crippen molar-refractivity contribution in [1.29, 1.82) is 0 Å². The number of hydrogen-bond donors (Lipinski definition) is 3. The van der Waals surface area contributed by atoms with Gasteiger partial charge in [-0.25, -0.2) is 0 Å². The minimum atomic E-state index is -0.616. The number of nitrogens with zero attached hydrogens (tertiary/aromatic N) is 2. The molecule has 2 amide bonds. The molecular formula is C12H21N5O2. The van der Waals surface area contributed by atoms with Crippen LogP contribution in [0, 0.1) is 5.41 Å². The molecule has 0 bridgehead atoms. The second-order valence-electron chi connectivity index (χ2n) is 5.43. The van der Waals surface area contributed by atoms with Gasteiger partial charge in [0.05, 0.1) is 17.9 Å². The Labute approximate surface area is 112 Å². The van der Waals surface area contributed by atoms with Crippen LogP contribution in [0.3, 0.4) is 0 Å². The fraction of sp³-hybridized carbons (Fsp3) is 0.583. The first-order valence-corrected chi connectivity index (χ1v) is 6.03. The summed E-state index contributed by atoms with van der Waals surface area (Å²) in [6.07, 6.45) is 3.07. The highest BCUT2D eigenvalue weighted by Gasteiger charge is 2.27. The zero-order chi connectivity index (χ0) is 14.6. The standard InChI is InChI=1S/C12H21N5O2/c1-12(2,3)10(13)11(19)16-8-5-15-17(6-8)7-9(18)14-4/h5-6,10H,7,13H2,1-4H3,(H,14,18)(H,16,19)/t10-/m1/s1.